The number of hydrogen-bond acceptors (Lipinski definition) is 12. The van der Waals surface area contributed by atoms with E-state index < -0.39 is 42.2 Å². The summed E-state index contributed by atoms with van der Waals surface area (Å²) in [4.78, 5) is 21.2. The number of hydrogen-bond donors (Lipinski definition) is 0. The van der Waals surface area contributed by atoms with E-state index >= 15 is 0 Å². The van der Waals surface area contributed by atoms with Crippen LogP contribution < -0.4 is 14.9 Å². The topological polar surface area (TPSA) is 160 Å². The van der Waals surface area contributed by atoms with E-state index in [1.165, 1.54) is 12.1 Å². The molecule has 14 nitrogen and oxygen atoms in total. The number of halogens is 1. The zero-order chi connectivity index (χ0) is 43.1. The van der Waals surface area contributed by atoms with Crippen molar-refractivity contribution in [3.63, 3.8) is 0 Å². The van der Waals surface area contributed by atoms with E-state index in [2.05, 4.69) is 15.9 Å². The fourth-order valence-electron chi connectivity index (χ4n) is 5.54. The highest BCUT2D eigenvalue weighted by Crippen LogP contribution is 2.43. The minimum Gasteiger partial charge on any atom is -0.484 e. The van der Waals surface area contributed by atoms with Gasteiger partial charge in [-0.15, -0.1) is 0 Å². The summed E-state index contributed by atoms with van der Waals surface area (Å²) < 4.78 is 47.7. The third kappa shape index (κ3) is 11.5. The first-order valence-electron chi connectivity index (χ1n) is 18.9. The van der Waals surface area contributed by atoms with E-state index in [4.69, 9.17) is 37.4 Å². The smallest absolute Gasteiger partial charge is 0.484 e. The monoisotopic (exact) mass is 864 g/mol. The van der Waals surface area contributed by atoms with E-state index in [1.54, 1.807) is 19.1 Å². The molecule has 3 aliphatic rings. The Balaban J connectivity index is 0.000000300. The molecular formula is C39H64B3BrN2O12. The predicted octanol–water partition coefficient (Wildman–Crippen LogP) is 9.33. The highest BCUT2D eigenvalue weighted by Gasteiger charge is 2.63. The Morgan fingerprint density at radius 2 is 0.860 bits per heavy atom. The van der Waals surface area contributed by atoms with Gasteiger partial charge in [0.15, 0.2) is 11.5 Å². The quantitative estimate of drug-likeness (QED) is 0.141. The van der Waals surface area contributed by atoms with Crippen LogP contribution in [0.5, 0.6) is 11.5 Å². The van der Waals surface area contributed by atoms with Gasteiger partial charge in [0.05, 0.1) is 55.7 Å². The first kappa shape index (κ1) is 50.4. The second-order valence-corrected chi connectivity index (χ2v) is 18.8. The van der Waals surface area contributed by atoms with Crippen LogP contribution >= 0.6 is 15.9 Å². The molecular weight excluding hydrogens is 801 g/mol. The molecule has 3 fully saturated rings. The molecule has 3 heterocycles. The van der Waals surface area contributed by atoms with Gasteiger partial charge in [0.1, 0.15) is 0 Å². The van der Waals surface area contributed by atoms with Gasteiger partial charge in [0.2, 0.25) is 0 Å². The fourth-order valence-corrected chi connectivity index (χ4v) is 5.86. The highest BCUT2D eigenvalue weighted by atomic mass is 79.9. The lowest BCUT2D eigenvalue weighted by Gasteiger charge is -2.32. The number of nitrogens with zero attached hydrogens (tertiary/aromatic N) is 2. The summed E-state index contributed by atoms with van der Waals surface area (Å²) >= 11 is 3.32. The Hall–Kier alpha value is -2.73. The third-order valence-electron chi connectivity index (χ3n) is 11.0. The first-order valence-corrected chi connectivity index (χ1v) is 19.7. The lowest BCUT2D eigenvalue weighted by molar-refractivity contribution is -0.386. The summed E-state index contributed by atoms with van der Waals surface area (Å²) in [6.07, 6.45) is -0.249. The number of rotatable bonds is 8. The second kappa shape index (κ2) is 17.9. The van der Waals surface area contributed by atoms with Crippen LogP contribution in [0.2, 0.25) is 0 Å². The van der Waals surface area contributed by atoms with Crippen molar-refractivity contribution in [2.45, 2.75) is 178 Å². The van der Waals surface area contributed by atoms with Crippen LogP contribution in [0.4, 0.5) is 11.4 Å². The largest absolute Gasteiger partial charge is 0.495 e. The van der Waals surface area contributed by atoms with Gasteiger partial charge in [-0.25, -0.2) is 0 Å². The minimum absolute atomic E-state index is 0. The lowest BCUT2D eigenvalue weighted by Crippen LogP contribution is -2.41. The van der Waals surface area contributed by atoms with Gasteiger partial charge < -0.3 is 37.4 Å². The molecule has 18 heteroatoms. The van der Waals surface area contributed by atoms with E-state index in [1.807, 2.05) is 118 Å². The fraction of sp³-hybridized carbons (Fsp3) is 0.692. The molecule has 0 radical (unpaired) electrons. The van der Waals surface area contributed by atoms with Gasteiger partial charge in [-0.2, -0.15) is 0 Å². The molecule has 2 aromatic carbocycles. The van der Waals surface area contributed by atoms with E-state index in [-0.39, 0.29) is 59.2 Å². The minimum atomic E-state index is -0.574. The number of aryl methyl sites for hydroxylation is 2. The molecule has 0 saturated carbocycles. The van der Waals surface area contributed by atoms with Crippen LogP contribution in [-0.2, 0) is 27.9 Å². The molecule has 318 valence electrons. The molecule has 0 spiro atoms. The van der Waals surface area contributed by atoms with Crippen LogP contribution in [0.3, 0.4) is 0 Å². The van der Waals surface area contributed by atoms with Gasteiger partial charge in [0, 0.05) is 22.7 Å². The molecule has 0 atom stereocenters. The Morgan fingerprint density at radius 1 is 0.561 bits per heavy atom. The summed E-state index contributed by atoms with van der Waals surface area (Å²) in [6.45, 7) is 35.0. The molecule has 2 aromatic rings. The van der Waals surface area contributed by atoms with Crippen LogP contribution in [0, 0.1) is 34.1 Å². The third-order valence-corrected chi connectivity index (χ3v) is 11.8. The molecule has 0 N–H and O–H groups in total. The van der Waals surface area contributed by atoms with Crippen molar-refractivity contribution in [3.8, 4) is 11.5 Å². The first-order chi connectivity index (χ1) is 25.2. The zero-order valence-corrected chi connectivity index (χ0v) is 38.0. The highest BCUT2D eigenvalue weighted by molar-refractivity contribution is 9.10. The molecule has 0 aromatic heterocycles. The number of ether oxygens (including phenoxy) is 2. The zero-order valence-electron chi connectivity index (χ0n) is 36.4. The van der Waals surface area contributed by atoms with Crippen LogP contribution in [0.25, 0.3) is 0 Å². The molecule has 5 rings (SSSR count). The van der Waals surface area contributed by atoms with Crippen LogP contribution in [-0.4, -0.2) is 76.8 Å². The maximum absolute atomic E-state index is 11.3. The van der Waals surface area contributed by atoms with Crippen molar-refractivity contribution in [1.82, 2.24) is 0 Å². The Kier molecular flexibility index (Phi) is 15.8. The van der Waals surface area contributed by atoms with Crippen molar-refractivity contribution < 1.29 is 47.2 Å². The van der Waals surface area contributed by atoms with Gasteiger partial charge in [-0.05, 0) is 147 Å². The number of benzene rings is 2. The summed E-state index contributed by atoms with van der Waals surface area (Å²) in [6, 6.07) is 6.31. The Morgan fingerprint density at radius 3 is 1.18 bits per heavy atom. The Labute approximate surface area is 349 Å². The van der Waals surface area contributed by atoms with Crippen molar-refractivity contribution >= 4 is 53.9 Å². The molecule has 0 aliphatic carbocycles. The van der Waals surface area contributed by atoms with E-state index in [9.17, 15) is 20.2 Å². The Bertz CT molecular complexity index is 1690. The standard InChI is InChI=1S/C16H24BNO5.C12H24B2O4.C10H12BrNO3.CH4/c1-10(2)21-14-9-12(11(3)8-13(14)18(19)20)17-22-15(4,5)16(6,7)23-17;1-9(2)10(3,4)16-13(15-9)14-17-11(5,6)12(7,8)18-14;1-6(2)15-10-5-8(11)7(3)4-9(10)12(13)14;/h8-10H,1-7H3;1-8H3;4-6H,1-3H3;1H4. The second-order valence-electron chi connectivity index (χ2n) is 17.9. The molecule has 57 heavy (non-hydrogen) atoms. The normalized spacial score (nSPS) is 20.6. The maximum atomic E-state index is 11.3. The predicted molar refractivity (Wildman–Crippen MR) is 230 cm³/mol. The van der Waals surface area contributed by atoms with Gasteiger partial charge in [0.25, 0.3) is 0 Å². The van der Waals surface area contributed by atoms with Crippen molar-refractivity contribution in [2.24, 2.45) is 0 Å². The molecule has 0 bridgehead atoms. The van der Waals surface area contributed by atoms with Crippen molar-refractivity contribution in [3.05, 3.63) is 60.1 Å². The van der Waals surface area contributed by atoms with Gasteiger partial charge >= 0.3 is 32.5 Å². The van der Waals surface area contributed by atoms with Crippen LogP contribution in [0.15, 0.2) is 28.7 Å². The maximum Gasteiger partial charge on any atom is 0.495 e. The molecule has 3 aliphatic heterocycles. The van der Waals surface area contributed by atoms with E-state index in [0.29, 0.717) is 5.75 Å². The van der Waals surface area contributed by atoms with Gasteiger partial charge in [-0.1, -0.05) is 23.4 Å². The molecule has 3 saturated heterocycles. The van der Waals surface area contributed by atoms with Crippen molar-refractivity contribution in [1.29, 1.82) is 0 Å². The summed E-state index contributed by atoms with van der Waals surface area (Å²) in [7, 11) is -1.53. The summed E-state index contributed by atoms with van der Waals surface area (Å²) in [5, 5.41) is 22.0. The molecule has 0 amide bonds. The van der Waals surface area contributed by atoms with Crippen molar-refractivity contribution in [2.75, 3.05) is 0 Å². The number of nitro groups is 2. The average Bonchev–Trinajstić information content (AvgIpc) is 3.48. The van der Waals surface area contributed by atoms with Gasteiger partial charge in [-0.3, -0.25) is 20.2 Å². The number of nitro benzene ring substituents is 2. The molecule has 0 unspecified atom stereocenters. The van der Waals surface area contributed by atoms with E-state index in [0.717, 1.165) is 21.1 Å². The SMILES string of the molecule is C.CC1(C)OB(B2OC(C)(C)C(C)(C)O2)OC1(C)C.Cc1cc([N+](=O)[O-])c(OC(C)C)cc1B1OC(C)(C)C(C)(C)O1.Cc1cc([N+](=O)[O-])c(OC(C)C)cc1Br. The summed E-state index contributed by atoms with van der Waals surface area (Å²) in [5.74, 6) is 0.535. The lowest BCUT2D eigenvalue weighted by atomic mass is 9.49. The average molecular weight is 865 g/mol. The van der Waals surface area contributed by atoms with Crippen LogP contribution in [0.1, 0.15) is 129 Å². The summed E-state index contributed by atoms with van der Waals surface area (Å²) in [5.41, 5.74) is -0.101.